The summed E-state index contributed by atoms with van der Waals surface area (Å²) in [5.74, 6) is 0.0507. The predicted octanol–water partition coefficient (Wildman–Crippen LogP) is 6.16. The number of hydrogen-bond donors (Lipinski definition) is 3. The first-order valence-corrected chi connectivity index (χ1v) is 13.5. The number of phenolic OH excluding ortho intramolecular Hbond substituents is 1. The molecule has 0 saturated carbocycles. The van der Waals surface area contributed by atoms with Gasteiger partial charge in [-0.15, -0.1) is 0 Å². The number of phenols is 1. The van der Waals surface area contributed by atoms with E-state index in [9.17, 15) is 9.90 Å². The van der Waals surface area contributed by atoms with Gasteiger partial charge in [0, 0.05) is 41.3 Å². The van der Waals surface area contributed by atoms with Crippen LogP contribution in [0.15, 0.2) is 72.9 Å². The van der Waals surface area contributed by atoms with Crippen LogP contribution in [0.5, 0.6) is 5.75 Å². The molecule has 1 aliphatic heterocycles. The van der Waals surface area contributed by atoms with Crippen LogP contribution in [0.3, 0.4) is 0 Å². The standard InChI is InChI=1S/C30H30ClN5O2S/c1-18-7-10-22(11-8-18)33-27(38)13-15-35-29(28(34-30(35)39)24-6-4-5-14-32-24)23-16-19(2)36(20(23)3)25-17-21(31)9-12-26(25)37/h4-12,14,16-17,28-29,37H,13,15H2,1-3H3,(H,33,38)(H,34,39). The Labute approximate surface area is 238 Å². The number of hydrogen-bond acceptors (Lipinski definition) is 4. The Hall–Kier alpha value is -3.88. The van der Waals surface area contributed by atoms with Gasteiger partial charge in [0.1, 0.15) is 5.75 Å². The molecule has 1 amide bonds. The highest BCUT2D eigenvalue weighted by atomic mass is 35.5. The summed E-state index contributed by atoms with van der Waals surface area (Å²) in [5, 5.41) is 18.2. The first kappa shape index (κ1) is 26.7. The lowest BCUT2D eigenvalue weighted by Gasteiger charge is -2.28. The number of aromatic hydroxyl groups is 1. The van der Waals surface area contributed by atoms with Gasteiger partial charge in [0.25, 0.3) is 0 Å². The van der Waals surface area contributed by atoms with E-state index in [0.29, 0.717) is 22.4 Å². The van der Waals surface area contributed by atoms with Crippen molar-refractivity contribution in [3.05, 3.63) is 106 Å². The molecule has 1 saturated heterocycles. The summed E-state index contributed by atoms with van der Waals surface area (Å²) < 4.78 is 2.00. The van der Waals surface area contributed by atoms with Gasteiger partial charge in [0.05, 0.1) is 23.5 Å². The molecule has 2 aromatic heterocycles. The van der Waals surface area contributed by atoms with E-state index in [1.54, 1.807) is 24.4 Å². The van der Waals surface area contributed by atoms with Gasteiger partial charge in [-0.05, 0) is 87.1 Å². The van der Waals surface area contributed by atoms with E-state index in [2.05, 4.69) is 26.6 Å². The smallest absolute Gasteiger partial charge is 0.226 e. The summed E-state index contributed by atoms with van der Waals surface area (Å²) in [6.45, 7) is 6.44. The number of benzene rings is 2. The minimum absolute atomic E-state index is 0.0870. The first-order valence-electron chi connectivity index (χ1n) is 12.7. The molecule has 39 heavy (non-hydrogen) atoms. The van der Waals surface area contributed by atoms with Gasteiger partial charge >= 0.3 is 0 Å². The molecule has 5 rings (SSSR count). The van der Waals surface area contributed by atoms with Gasteiger partial charge in [-0.2, -0.15) is 0 Å². The third kappa shape index (κ3) is 5.48. The van der Waals surface area contributed by atoms with E-state index in [4.69, 9.17) is 23.8 Å². The molecule has 2 aromatic carbocycles. The molecule has 2 atom stereocenters. The van der Waals surface area contributed by atoms with E-state index in [-0.39, 0.29) is 30.2 Å². The Bertz CT molecular complexity index is 1520. The maximum absolute atomic E-state index is 12.9. The third-order valence-electron chi connectivity index (χ3n) is 7.08. The first-order chi connectivity index (χ1) is 18.7. The molecule has 0 spiro atoms. The minimum Gasteiger partial charge on any atom is -0.506 e. The van der Waals surface area contributed by atoms with Crippen LogP contribution in [-0.2, 0) is 4.79 Å². The molecule has 0 bridgehead atoms. The van der Waals surface area contributed by atoms with Gasteiger partial charge in [-0.3, -0.25) is 9.78 Å². The molecule has 1 aliphatic rings. The highest BCUT2D eigenvalue weighted by molar-refractivity contribution is 7.80. The predicted molar refractivity (Wildman–Crippen MR) is 159 cm³/mol. The van der Waals surface area contributed by atoms with Gasteiger partial charge in [-0.1, -0.05) is 35.4 Å². The second-order valence-electron chi connectivity index (χ2n) is 9.78. The fourth-order valence-corrected chi connectivity index (χ4v) is 5.70. The molecule has 4 aromatic rings. The Morgan fingerprint density at radius 1 is 1.10 bits per heavy atom. The zero-order valence-corrected chi connectivity index (χ0v) is 23.6. The van der Waals surface area contributed by atoms with Gasteiger partial charge < -0.3 is 25.2 Å². The third-order valence-corrected chi connectivity index (χ3v) is 7.67. The quantitative estimate of drug-likeness (QED) is 0.235. The van der Waals surface area contributed by atoms with Crippen molar-refractivity contribution in [3.63, 3.8) is 0 Å². The molecule has 7 nitrogen and oxygen atoms in total. The summed E-state index contributed by atoms with van der Waals surface area (Å²) in [4.78, 5) is 19.6. The van der Waals surface area contributed by atoms with Crippen LogP contribution >= 0.6 is 23.8 Å². The molecule has 9 heteroatoms. The molecule has 0 aliphatic carbocycles. The number of nitrogens with one attached hydrogen (secondary N) is 2. The Morgan fingerprint density at radius 2 is 1.87 bits per heavy atom. The number of nitrogens with zero attached hydrogens (tertiary/aromatic N) is 3. The van der Waals surface area contributed by atoms with Crippen molar-refractivity contribution in [1.82, 2.24) is 19.8 Å². The molecule has 3 heterocycles. The summed E-state index contributed by atoms with van der Waals surface area (Å²) in [6, 6.07) is 20.2. The van der Waals surface area contributed by atoms with Crippen LogP contribution in [0.4, 0.5) is 5.69 Å². The summed E-state index contributed by atoms with van der Waals surface area (Å²) in [7, 11) is 0. The lowest BCUT2D eigenvalue weighted by atomic mass is 9.96. The fourth-order valence-electron chi connectivity index (χ4n) is 5.20. The largest absolute Gasteiger partial charge is 0.506 e. The molecule has 200 valence electrons. The van der Waals surface area contributed by atoms with Crippen LogP contribution < -0.4 is 10.6 Å². The molecule has 2 unspecified atom stereocenters. The lowest BCUT2D eigenvalue weighted by molar-refractivity contribution is -0.116. The average Bonchev–Trinajstić information content (AvgIpc) is 3.40. The number of rotatable bonds is 7. The van der Waals surface area contributed by atoms with Gasteiger partial charge in [0.2, 0.25) is 5.91 Å². The Kier molecular flexibility index (Phi) is 7.59. The summed E-state index contributed by atoms with van der Waals surface area (Å²) in [5.41, 5.74) is 6.26. The molecular weight excluding hydrogens is 530 g/mol. The second-order valence-corrected chi connectivity index (χ2v) is 10.6. The van der Waals surface area contributed by atoms with Crippen LogP contribution in [0, 0.1) is 20.8 Å². The zero-order valence-electron chi connectivity index (χ0n) is 22.0. The van der Waals surface area contributed by atoms with E-state index >= 15 is 0 Å². The number of halogens is 1. The number of amides is 1. The van der Waals surface area contributed by atoms with Crippen molar-refractivity contribution in [3.8, 4) is 11.4 Å². The number of anilines is 1. The van der Waals surface area contributed by atoms with Crippen LogP contribution in [0.1, 0.15) is 46.7 Å². The Balaban J connectivity index is 1.48. The Morgan fingerprint density at radius 3 is 2.59 bits per heavy atom. The van der Waals surface area contributed by atoms with Crippen molar-refractivity contribution >= 4 is 40.5 Å². The molecule has 1 fully saturated rings. The number of carbonyl (C=O) groups excluding carboxylic acids is 1. The van der Waals surface area contributed by atoms with Crippen molar-refractivity contribution in [2.24, 2.45) is 0 Å². The van der Waals surface area contributed by atoms with Crippen molar-refractivity contribution in [2.75, 3.05) is 11.9 Å². The molecular formula is C30H30ClN5O2S. The van der Waals surface area contributed by atoms with Gasteiger partial charge in [-0.25, -0.2) is 0 Å². The maximum atomic E-state index is 12.9. The van der Waals surface area contributed by atoms with Crippen molar-refractivity contribution in [2.45, 2.75) is 39.3 Å². The van der Waals surface area contributed by atoms with E-state index in [1.165, 1.54) is 0 Å². The number of thiocarbonyl (C=S) groups is 1. The summed E-state index contributed by atoms with van der Waals surface area (Å²) >= 11 is 12.1. The molecule has 3 N–H and O–H groups in total. The van der Waals surface area contributed by atoms with E-state index in [1.807, 2.05) is 67.8 Å². The van der Waals surface area contributed by atoms with E-state index in [0.717, 1.165) is 33.9 Å². The number of pyridine rings is 1. The number of aromatic nitrogens is 2. The van der Waals surface area contributed by atoms with E-state index < -0.39 is 0 Å². The second kappa shape index (κ2) is 11.1. The lowest BCUT2D eigenvalue weighted by Crippen LogP contribution is -2.32. The fraction of sp³-hybridized carbons (Fsp3) is 0.233. The highest BCUT2D eigenvalue weighted by Crippen LogP contribution is 2.42. The van der Waals surface area contributed by atoms with Crippen LogP contribution in [-0.4, -0.2) is 37.1 Å². The minimum atomic E-state index is -0.222. The topological polar surface area (TPSA) is 82.4 Å². The van der Waals surface area contributed by atoms with Crippen LogP contribution in [0.2, 0.25) is 5.02 Å². The van der Waals surface area contributed by atoms with Crippen LogP contribution in [0.25, 0.3) is 5.69 Å². The molecule has 0 radical (unpaired) electrons. The SMILES string of the molecule is Cc1ccc(NC(=O)CCN2C(=S)NC(c3ccccn3)C2c2cc(C)n(-c3cc(Cl)ccc3O)c2C)cc1. The average molecular weight is 560 g/mol. The monoisotopic (exact) mass is 559 g/mol. The zero-order chi connectivity index (χ0) is 27.7. The summed E-state index contributed by atoms with van der Waals surface area (Å²) in [6.07, 6.45) is 2.02. The van der Waals surface area contributed by atoms with Crippen molar-refractivity contribution < 1.29 is 9.90 Å². The number of carbonyl (C=O) groups is 1. The normalized spacial score (nSPS) is 16.8. The van der Waals surface area contributed by atoms with Gasteiger partial charge in [0.15, 0.2) is 5.11 Å². The maximum Gasteiger partial charge on any atom is 0.226 e. The number of aryl methyl sites for hydroxylation is 2. The highest BCUT2D eigenvalue weighted by Gasteiger charge is 2.41. The van der Waals surface area contributed by atoms with Crippen molar-refractivity contribution in [1.29, 1.82) is 0 Å².